The molecular formula is C30H40O3. The normalized spacial score (nSPS) is 42.3. The maximum Gasteiger partial charge on any atom is 0.302 e. The van der Waals surface area contributed by atoms with Gasteiger partial charge in [-0.05, 0) is 104 Å². The van der Waals surface area contributed by atoms with Crippen LogP contribution in [0, 0.1) is 40.4 Å². The van der Waals surface area contributed by atoms with Crippen LogP contribution in [0.3, 0.4) is 0 Å². The molecule has 33 heavy (non-hydrogen) atoms. The molecule has 0 bridgehead atoms. The van der Waals surface area contributed by atoms with Crippen molar-refractivity contribution < 1.29 is 14.3 Å². The lowest BCUT2D eigenvalue weighted by Crippen LogP contribution is -2.54. The lowest BCUT2D eigenvalue weighted by molar-refractivity contribution is -0.160. The third kappa shape index (κ3) is 4.00. The Hall–Kier alpha value is -1.90. The number of allylic oxidation sites excluding steroid dienone is 1. The fourth-order valence-electron chi connectivity index (χ4n) is 8.89. The molecule has 3 heteroatoms. The molecule has 3 nitrogen and oxygen atoms in total. The first-order valence-electron chi connectivity index (χ1n) is 13.3. The van der Waals surface area contributed by atoms with Crippen LogP contribution >= 0.6 is 0 Å². The largest absolute Gasteiger partial charge is 0.463 e. The highest BCUT2D eigenvalue weighted by atomic mass is 16.5. The van der Waals surface area contributed by atoms with Crippen LogP contribution in [0.25, 0.3) is 6.08 Å². The Labute approximate surface area is 199 Å². The van der Waals surface area contributed by atoms with Crippen molar-refractivity contribution >= 4 is 17.8 Å². The number of hydrogen-bond acceptors (Lipinski definition) is 3. The summed E-state index contributed by atoms with van der Waals surface area (Å²) in [4.78, 5) is 24.8. The fraction of sp³-hybridized carbons (Fsp3) is 0.667. The molecule has 0 spiro atoms. The Morgan fingerprint density at radius 1 is 0.909 bits per heavy atom. The molecule has 0 saturated heterocycles. The molecule has 4 fully saturated rings. The van der Waals surface area contributed by atoms with E-state index >= 15 is 0 Å². The Balaban J connectivity index is 1.30. The van der Waals surface area contributed by atoms with Crippen molar-refractivity contribution in [1.82, 2.24) is 0 Å². The quantitative estimate of drug-likeness (QED) is 0.373. The fourth-order valence-corrected chi connectivity index (χ4v) is 8.89. The molecule has 0 N–H and O–H groups in total. The zero-order chi connectivity index (χ0) is 23.2. The summed E-state index contributed by atoms with van der Waals surface area (Å²) in [7, 11) is 0. The van der Waals surface area contributed by atoms with E-state index in [1.54, 1.807) is 6.92 Å². The van der Waals surface area contributed by atoms with Crippen molar-refractivity contribution in [2.75, 3.05) is 0 Å². The van der Waals surface area contributed by atoms with E-state index in [0.29, 0.717) is 23.0 Å². The molecule has 0 unspecified atom stereocenters. The zero-order valence-corrected chi connectivity index (χ0v) is 20.6. The summed E-state index contributed by atoms with van der Waals surface area (Å²) < 4.78 is 5.62. The van der Waals surface area contributed by atoms with Crippen LogP contribution in [0.2, 0.25) is 0 Å². The Kier molecular flexibility index (Phi) is 6.04. The Bertz CT molecular complexity index is 920. The van der Waals surface area contributed by atoms with Crippen LogP contribution in [0.4, 0.5) is 0 Å². The van der Waals surface area contributed by atoms with E-state index in [2.05, 4.69) is 26.0 Å². The molecular weight excluding hydrogens is 408 g/mol. The second-order valence-electron chi connectivity index (χ2n) is 12.0. The number of carbonyl (C=O) groups is 2. The van der Waals surface area contributed by atoms with Crippen LogP contribution in [0.5, 0.6) is 0 Å². The van der Waals surface area contributed by atoms with E-state index in [1.807, 2.05) is 30.4 Å². The molecule has 0 radical (unpaired) electrons. The molecule has 4 saturated carbocycles. The lowest BCUT2D eigenvalue weighted by atomic mass is 9.44. The van der Waals surface area contributed by atoms with E-state index in [1.165, 1.54) is 38.5 Å². The molecule has 4 aliphatic rings. The number of ketones is 1. The van der Waals surface area contributed by atoms with Gasteiger partial charge in [0.15, 0.2) is 5.78 Å². The van der Waals surface area contributed by atoms with Crippen molar-refractivity contribution in [2.45, 2.75) is 84.7 Å². The number of carbonyl (C=O) groups excluding carboxylic acids is 2. The van der Waals surface area contributed by atoms with Gasteiger partial charge in [-0.25, -0.2) is 0 Å². The summed E-state index contributed by atoms with van der Waals surface area (Å²) >= 11 is 0. The number of hydrogen-bond donors (Lipinski definition) is 0. The third-order valence-electron chi connectivity index (χ3n) is 10.5. The van der Waals surface area contributed by atoms with Gasteiger partial charge in [0.1, 0.15) is 6.10 Å². The van der Waals surface area contributed by atoms with E-state index in [0.717, 1.165) is 36.7 Å². The lowest BCUT2D eigenvalue weighted by Gasteiger charge is -2.61. The number of rotatable bonds is 4. The first-order valence-corrected chi connectivity index (χ1v) is 13.3. The summed E-state index contributed by atoms with van der Waals surface area (Å²) in [6.07, 6.45) is 14.5. The van der Waals surface area contributed by atoms with Crippen molar-refractivity contribution in [1.29, 1.82) is 0 Å². The standard InChI is InChI=1S/C30H40O3/c1-20(31)33-23-15-17-29(2)22(19-23)10-11-24-25-12-13-27(30(25,3)18-16-26(24)29)28(32)14-9-21-7-5-4-6-8-21/h4-9,14,22-27H,10-13,15-19H2,1-3H3/b14-9+/t22-,23+,24-,25+,26+,27-,29-,30-/m0/s1. The highest BCUT2D eigenvalue weighted by Crippen LogP contribution is 2.67. The topological polar surface area (TPSA) is 43.4 Å². The van der Waals surface area contributed by atoms with Crippen LogP contribution in [0.15, 0.2) is 36.4 Å². The minimum Gasteiger partial charge on any atom is -0.463 e. The van der Waals surface area contributed by atoms with Crippen LogP contribution in [-0.2, 0) is 14.3 Å². The minimum absolute atomic E-state index is 0.121. The average molecular weight is 449 g/mol. The van der Waals surface area contributed by atoms with Gasteiger partial charge in [0.2, 0.25) is 0 Å². The maximum absolute atomic E-state index is 13.3. The molecule has 178 valence electrons. The maximum atomic E-state index is 13.3. The van der Waals surface area contributed by atoms with E-state index in [4.69, 9.17) is 4.74 Å². The summed E-state index contributed by atoms with van der Waals surface area (Å²) in [6.45, 7) is 6.52. The van der Waals surface area contributed by atoms with E-state index < -0.39 is 0 Å². The van der Waals surface area contributed by atoms with Crippen molar-refractivity contribution in [3.05, 3.63) is 42.0 Å². The van der Waals surface area contributed by atoms with Crippen LogP contribution < -0.4 is 0 Å². The van der Waals surface area contributed by atoms with Crippen molar-refractivity contribution in [2.24, 2.45) is 40.4 Å². The van der Waals surface area contributed by atoms with Gasteiger partial charge >= 0.3 is 5.97 Å². The molecule has 4 aliphatic carbocycles. The van der Waals surface area contributed by atoms with Crippen LogP contribution in [0.1, 0.15) is 84.1 Å². The predicted octanol–water partition coefficient (Wildman–Crippen LogP) is 6.86. The number of esters is 1. The average Bonchev–Trinajstić information content (AvgIpc) is 3.15. The van der Waals surface area contributed by atoms with Gasteiger partial charge in [-0.3, -0.25) is 9.59 Å². The van der Waals surface area contributed by atoms with Gasteiger partial charge in [-0.2, -0.15) is 0 Å². The molecule has 0 aliphatic heterocycles. The molecule has 5 rings (SSSR count). The highest BCUT2D eigenvalue weighted by molar-refractivity contribution is 5.96. The van der Waals surface area contributed by atoms with Gasteiger partial charge in [0.25, 0.3) is 0 Å². The minimum atomic E-state index is -0.131. The molecule has 8 atom stereocenters. The number of fused-ring (bicyclic) bond motifs is 5. The van der Waals surface area contributed by atoms with Crippen LogP contribution in [-0.4, -0.2) is 17.9 Å². The second-order valence-corrected chi connectivity index (χ2v) is 12.0. The molecule has 1 aromatic carbocycles. The van der Waals surface area contributed by atoms with Crippen molar-refractivity contribution in [3.8, 4) is 0 Å². The zero-order valence-electron chi connectivity index (χ0n) is 20.6. The summed E-state index contributed by atoms with van der Waals surface area (Å²) in [6, 6.07) is 10.2. The van der Waals surface area contributed by atoms with Gasteiger partial charge < -0.3 is 4.74 Å². The number of ether oxygens (including phenoxy) is 1. The Morgan fingerprint density at radius 2 is 1.64 bits per heavy atom. The molecule has 0 amide bonds. The van der Waals surface area contributed by atoms with Gasteiger partial charge in [-0.1, -0.05) is 50.3 Å². The first-order chi connectivity index (χ1) is 15.8. The van der Waals surface area contributed by atoms with Crippen molar-refractivity contribution in [3.63, 3.8) is 0 Å². The molecule has 1 aromatic rings. The molecule has 0 heterocycles. The Morgan fingerprint density at radius 3 is 2.39 bits per heavy atom. The third-order valence-corrected chi connectivity index (χ3v) is 10.5. The first kappa shape index (κ1) is 22.9. The SMILES string of the molecule is CC(=O)O[C@@H]1CC[C@@]2(C)[C@@H](CC[C@@H]3[C@H]2CC[C@@]2(C)[C@@H]3CC[C@H]2C(=O)/C=C/c2ccccc2)C1. The highest BCUT2D eigenvalue weighted by Gasteiger charge is 2.61. The van der Waals surface area contributed by atoms with Gasteiger partial charge in [0.05, 0.1) is 0 Å². The van der Waals surface area contributed by atoms with Gasteiger partial charge in [0, 0.05) is 12.8 Å². The monoisotopic (exact) mass is 448 g/mol. The summed E-state index contributed by atoms with van der Waals surface area (Å²) in [5.41, 5.74) is 1.62. The smallest absolute Gasteiger partial charge is 0.302 e. The predicted molar refractivity (Wildman–Crippen MR) is 131 cm³/mol. The summed E-state index contributed by atoms with van der Waals surface area (Å²) in [5.74, 6) is 3.26. The second kappa shape index (κ2) is 8.71. The summed E-state index contributed by atoms with van der Waals surface area (Å²) in [5, 5.41) is 0. The van der Waals surface area contributed by atoms with E-state index in [9.17, 15) is 9.59 Å². The van der Waals surface area contributed by atoms with E-state index in [-0.39, 0.29) is 23.4 Å². The van der Waals surface area contributed by atoms with Gasteiger partial charge in [-0.15, -0.1) is 0 Å². The number of benzene rings is 1. The molecule has 0 aromatic heterocycles.